The third-order valence-electron chi connectivity index (χ3n) is 4.59. The van der Waals surface area contributed by atoms with Gasteiger partial charge in [-0.3, -0.25) is 9.59 Å². The van der Waals surface area contributed by atoms with Gasteiger partial charge in [0.05, 0.1) is 22.2 Å². The van der Waals surface area contributed by atoms with Crippen molar-refractivity contribution in [2.75, 3.05) is 11.9 Å². The van der Waals surface area contributed by atoms with Gasteiger partial charge >= 0.3 is 0 Å². The van der Waals surface area contributed by atoms with Crippen molar-refractivity contribution in [3.8, 4) is 0 Å². The number of aromatic nitrogens is 1. The van der Waals surface area contributed by atoms with Gasteiger partial charge in [0.1, 0.15) is 0 Å². The van der Waals surface area contributed by atoms with Crippen LogP contribution in [0, 0.1) is 6.92 Å². The molecular weight excluding hydrogens is 350 g/mol. The summed E-state index contributed by atoms with van der Waals surface area (Å²) in [6, 6.07) is 9.16. The number of thiophene rings is 1. The quantitative estimate of drug-likeness (QED) is 0.723. The van der Waals surface area contributed by atoms with Gasteiger partial charge in [-0.25, -0.2) is 0 Å². The highest BCUT2D eigenvalue weighted by Gasteiger charge is 2.32. The van der Waals surface area contributed by atoms with E-state index >= 15 is 0 Å². The van der Waals surface area contributed by atoms with E-state index in [0.29, 0.717) is 9.88 Å². The van der Waals surface area contributed by atoms with E-state index in [4.69, 9.17) is 4.42 Å². The normalized spacial score (nSPS) is 16.8. The molecule has 0 spiro atoms. The van der Waals surface area contributed by atoms with Crippen molar-refractivity contribution in [1.82, 2.24) is 9.88 Å². The Balaban J connectivity index is 1.53. The number of likely N-dealkylation sites (tertiary alicyclic amines) is 1. The maximum absolute atomic E-state index is 13.1. The predicted molar refractivity (Wildman–Crippen MR) is 99.5 cm³/mol. The highest BCUT2D eigenvalue weighted by Crippen LogP contribution is 2.35. The van der Waals surface area contributed by atoms with Crippen LogP contribution in [0.3, 0.4) is 0 Å². The molecule has 1 aliphatic heterocycles. The number of amides is 2. The Morgan fingerprint density at radius 3 is 2.96 bits per heavy atom. The molecule has 4 heterocycles. The summed E-state index contributed by atoms with van der Waals surface area (Å²) in [7, 11) is 0. The lowest BCUT2D eigenvalue weighted by Crippen LogP contribution is -2.30. The molecule has 4 rings (SSSR count). The third-order valence-corrected chi connectivity index (χ3v) is 5.73. The van der Waals surface area contributed by atoms with Gasteiger partial charge in [0.25, 0.3) is 11.8 Å². The lowest BCUT2D eigenvalue weighted by Gasteiger charge is -2.23. The van der Waals surface area contributed by atoms with E-state index in [1.54, 1.807) is 12.1 Å². The number of carbonyl (C=O) groups excluding carboxylic acids is 2. The average Bonchev–Trinajstić information content (AvgIpc) is 3.40. The Bertz CT molecular complexity index is 912. The molecule has 1 fully saturated rings. The second-order valence-electron chi connectivity index (χ2n) is 6.34. The van der Waals surface area contributed by atoms with Crippen LogP contribution in [-0.2, 0) is 0 Å². The molecule has 3 aromatic heterocycles. The largest absolute Gasteiger partial charge is 0.459 e. The van der Waals surface area contributed by atoms with Crippen LogP contribution in [-0.4, -0.2) is 28.2 Å². The molecule has 2 N–H and O–H groups in total. The maximum atomic E-state index is 13.1. The van der Waals surface area contributed by atoms with Crippen molar-refractivity contribution in [2.45, 2.75) is 25.8 Å². The number of hydrogen-bond acceptors (Lipinski definition) is 4. The molecule has 0 bridgehead atoms. The molecule has 0 aromatic carbocycles. The van der Waals surface area contributed by atoms with E-state index in [2.05, 4.69) is 10.3 Å². The first-order valence-electron chi connectivity index (χ1n) is 8.53. The molecule has 0 radical (unpaired) electrons. The summed E-state index contributed by atoms with van der Waals surface area (Å²) in [6.45, 7) is 2.64. The molecule has 134 valence electrons. The zero-order chi connectivity index (χ0) is 18.1. The number of H-pyrrole nitrogens is 1. The highest BCUT2D eigenvalue weighted by atomic mass is 32.1. The van der Waals surface area contributed by atoms with Gasteiger partial charge in [-0.05, 0) is 55.7 Å². The van der Waals surface area contributed by atoms with Crippen LogP contribution in [0.25, 0.3) is 0 Å². The molecule has 3 aromatic rings. The summed E-state index contributed by atoms with van der Waals surface area (Å²) in [5.74, 6) is -0.0564. The number of rotatable bonds is 4. The standard InChI is InChI=1S/C19H19N3O3S/c1-12-11-16(21-18(23)15-7-4-10-25-15)26-17(12)19(24)22-9-3-6-14(22)13-5-2-8-20-13/h2,4-5,7-8,10-11,14,20H,3,6,9H2,1H3,(H,21,23)/t14-/m1/s1. The number of carbonyl (C=O) groups is 2. The Morgan fingerprint density at radius 1 is 1.35 bits per heavy atom. The van der Waals surface area contributed by atoms with Crippen molar-refractivity contribution in [2.24, 2.45) is 0 Å². The van der Waals surface area contributed by atoms with Gasteiger partial charge in [-0.1, -0.05) is 0 Å². The monoisotopic (exact) mass is 369 g/mol. The van der Waals surface area contributed by atoms with Crippen molar-refractivity contribution in [3.05, 3.63) is 64.7 Å². The zero-order valence-corrected chi connectivity index (χ0v) is 15.1. The number of aryl methyl sites for hydroxylation is 1. The van der Waals surface area contributed by atoms with Crippen LogP contribution in [0.2, 0.25) is 0 Å². The fourth-order valence-corrected chi connectivity index (χ4v) is 4.38. The lowest BCUT2D eigenvalue weighted by molar-refractivity contribution is 0.0737. The van der Waals surface area contributed by atoms with Gasteiger partial charge in [0.2, 0.25) is 0 Å². The molecule has 0 aliphatic carbocycles. The minimum absolute atomic E-state index is 0.0168. The number of anilines is 1. The topological polar surface area (TPSA) is 78.3 Å². The first-order chi connectivity index (χ1) is 12.6. The summed E-state index contributed by atoms with van der Waals surface area (Å²) in [4.78, 5) is 31.0. The minimum atomic E-state index is -0.319. The average molecular weight is 369 g/mol. The van der Waals surface area contributed by atoms with E-state index < -0.39 is 0 Å². The van der Waals surface area contributed by atoms with Crippen LogP contribution >= 0.6 is 11.3 Å². The van der Waals surface area contributed by atoms with Crippen LogP contribution < -0.4 is 5.32 Å². The summed E-state index contributed by atoms with van der Waals surface area (Å²) in [6.07, 6.45) is 5.29. The first-order valence-corrected chi connectivity index (χ1v) is 9.34. The van der Waals surface area contributed by atoms with Crippen molar-refractivity contribution in [1.29, 1.82) is 0 Å². The number of furan rings is 1. The Hall–Kier alpha value is -2.80. The van der Waals surface area contributed by atoms with Crippen LogP contribution in [0.5, 0.6) is 0 Å². The van der Waals surface area contributed by atoms with Gasteiger partial charge < -0.3 is 19.6 Å². The fourth-order valence-electron chi connectivity index (χ4n) is 3.35. The first kappa shape index (κ1) is 16.7. The van der Waals surface area contributed by atoms with Crippen LogP contribution in [0.15, 0.2) is 47.2 Å². The Kier molecular flexibility index (Phi) is 4.38. The molecule has 0 saturated carbocycles. The van der Waals surface area contributed by atoms with Crippen molar-refractivity contribution < 1.29 is 14.0 Å². The lowest BCUT2D eigenvalue weighted by atomic mass is 10.1. The van der Waals surface area contributed by atoms with Crippen molar-refractivity contribution >= 4 is 28.2 Å². The smallest absolute Gasteiger partial charge is 0.291 e. The molecule has 26 heavy (non-hydrogen) atoms. The van der Waals surface area contributed by atoms with Crippen LogP contribution in [0.4, 0.5) is 5.00 Å². The van der Waals surface area contributed by atoms with Crippen molar-refractivity contribution in [3.63, 3.8) is 0 Å². The van der Waals surface area contributed by atoms with Gasteiger partial charge in [0, 0.05) is 18.4 Å². The zero-order valence-electron chi connectivity index (χ0n) is 14.3. The summed E-state index contributed by atoms with van der Waals surface area (Å²) < 4.78 is 5.10. The van der Waals surface area contributed by atoms with E-state index in [0.717, 1.165) is 30.6 Å². The Labute approximate surface area is 154 Å². The summed E-state index contributed by atoms with van der Waals surface area (Å²) in [5.41, 5.74) is 1.93. The SMILES string of the molecule is Cc1cc(NC(=O)c2ccco2)sc1C(=O)N1CCC[C@@H]1c1ccc[nH]1. The molecule has 7 heteroatoms. The predicted octanol–water partition coefficient (Wildman–Crippen LogP) is 4.21. The Morgan fingerprint density at radius 2 is 2.23 bits per heavy atom. The molecule has 2 amide bonds. The number of aromatic amines is 1. The summed E-state index contributed by atoms with van der Waals surface area (Å²) >= 11 is 1.30. The van der Waals surface area contributed by atoms with Gasteiger partial charge in [-0.2, -0.15) is 0 Å². The number of nitrogens with zero attached hydrogens (tertiary/aromatic N) is 1. The third kappa shape index (κ3) is 3.06. The maximum Gasteiger partial charge on any atom is 0.291 e. The van der Waals surface area contributed by atoms with Gasteiger partial charge in [-0.15, -0.1) is 11.3 Å². The van der Waals surface area contributed by atoms with Crippen LogP contribution in [0.1, 0.15) is 50.4 Å². The molecule has 1 aliphatic rings. The molecule has 0 unspecified atom stereocenters. The number of hydrogen-bond donors (Lipinski definition) is 2. The molecule has 6 nitrogen and oxygen atoms in total. The summed E-state index contributed by atoms with van der Waals surface area (Å²) in [5, 5.41) is 3.44. The molecule has 1 atom stereocenters. The minimum Gasteiger partial charge on any atom is -0.459 e. The fraction of sp³-hybridized carbons (Fsp3) is 0.263. The number of nitrogens with one attached hydrogen (secondary N) is 2. The molecular formula is C19H19N3O3S. The van der Waals surface area contributed by atoms with E-state index in [-0.39, 0.29) is 23.6 Å². The van der Waals surface area contributed by atoms with E-state index in [9.17, 15) is 9.59 Å². The second-order valence-corrected chi connectivity index (χ2v) is 7.39. The van der Waals surface area contributed by atoms with E-state index in [1.807, 2.05) is 36.2 Å². The molecule has 1 saturated heterocycles. The second kappa shape index (κ2) is 6.84. The van der Waals surface area contributed by atoms with E-state index in [1.165, 1.54) is 17.6 Å². The van der Waals surface area contributed by atoms with Gasteiger partial charge in [0.15, 0.2) is 5.76 Å². The highest BCUT2D eigenvalue weighted by molar-refractivity contribution is 7.18.